The first-order valence-electron chi connectivity index (χ1n) is 5.48. The van der Waals surface area contributed by atoms with E-state index in [-0.39, 0.29) is 30.5 Å². The molecule has 94 valence electrons. The second-order valence-corrected chi connectivity index (χ2v) is 3.86. The van der Waals surface area contributed by atoms with Crippen LogP contribution in [0.3, 0.4) is 0 Å². The predicted octanol–water partition coefficient (Wildman–Crippen LogP) is 1.42. The van der Waals surface area contributed by atoms with Crippen LogP contribution in [0.5, 0.6) is 0 Å². The summed E-state index contributed by atoms with van der Waals surface area (Å²) in [7, 11) is 0. The van der Waals surface area contributed by atoms with Crippen molar-refractivity contribution < 1.29 is 9.53 Å². The maximum Gasteiger partial charge on any atom is 0.244 e. The quantitative estimate of drug-likeness (QED) is 0.842. The third kappa shape index (κ3) is 3.70. The lowest BCUT2D eigenvalue weighted by molar-refractivity contribution is -0.123. The molecule has 1 aromatic carbocycles. The first kappa shape index (κ1) is 14.0. The Labute approximate surface area is 107 Å². The summed E-state index contributed by atoms with van der Waals surface area (Å²) in [5, 5.41) is 6.01. The lowest BCUT2D eigenvalue weighted by atomic mass is 10.1. The number of benzene rings is 1. The van der Waals surface area contributed by atoms with E-state index in [9.17, 15) is 4.79 Å². The number of morpholine rings is 1. The molecule has 0 unspecified atom stereocenters. The largest absolute Gasteiger partial charge is 0.375 e. The molecule has 0 aromatic heterocycles. The van der Waals surface area contributed by atoms with E-state index in [1.165, 1.54) is 0 Å². The van der Waals surface area contributed by atoms with Crippen LogP contribution in [-0.2, 0) is 9.53 Å². The number of ether oxygens (including phenoxy) is 1. The fourth-order valence-electron chi connectivity index (χ4n) is 1.77. The van der Waals surface area contributed by atoms with E-state index in [1.807, 2.05) is 37.3 Å². The summed E-state index contributed by atoms with van der Waals surface area (Å²) < 4.78 is 5.43. The highest BCUT2D eigenvalue weighted by atomic mass is 35.5. The van der Waals surface area contributed by atoms with Gasteiger partial charge in [-0.05, 0) is 19.1 Å². The van der Waals surface area contributed by atoms with Gasteiger partial charge < -0.3 is 15.4 Å². The van der Waals surface area contributed by atoms with E-state index in [1.54, 1.807) is 0 Å². The van der Waals surface area contributed by atoms with Gasteiger partial charge in [0.2, 0.25) is 5.91 Å². The minimum Gasteiger partial charge on any atom is -0.375 e. The van der Waals surface area contributed by atoms with E-state index in [0.29, 0.717) is 6.61 Å². The molecule has 0 spiro atoms. The van der Waals surface area contributed by atoms with Gasteiger partial charge in [-0.25, -0.2) is 0 Å². The van der Waals surface area contributed by atoms with Crippen LogP contribution in [0, 0.1) is 0 Å². The summed E-state index contributed by atoms with van der Waals surface area (Å²) in [5.74, 6) is -0.0431. The van der Waals surface area contributed by atoms with Gasteiger partial charge in [0.25, 0.3) is 0 Å². The van der Waals surface area contributed by atoms with E-state index >= 15 is 0 Å². The van der Waals surface area contributed by atoms with Crippen LogP contribution in [0.25, 0.3) is 0 Å². The number of rotatable bonds is 2. The molecule has 1 saturated heterocycles. The van der Waals surface area contributed by atoms with Gasteiger partial charge in [-0.2, -0.15) is 0 Å². The normalized spacial score (nSPS) is 23.6. The van der Waals surface area contributed by atoms with Gasteiger partial charge in [-0.1, -0.05) is 18.2 Å². The minimum atomic E-state index is -0.269. The molecule has 5 heteroatoms. The molecular weight excluding hydrogens is 240 g/mol. The summed E-state index contributed by atoms with van der Waals surface area (Å²) in [4.78, 5) is 11.9. The summed E-state index contributed by atoms with van der Waals surface area (Å²) in [6.07, 6.45) is -0.0857. The molecule has 4 nitrogen and oxygen atoms in total. The molecule has 1 aromatic rings. The Hall–Kier alpha value is -1.10. The number of amides is 1. The summed E-state index contributed by atoms with van der Waals surface area (Å²) >= 11 is 0. The molecule has 2 atom stereocenters. The molecule has 1 heterocycles. The van der Waals surface area contributed by atoms with E-state index in [0.717, 1.165) is 12.2 Å². The summed E-state index contributed by atoms with van der Waals surface area (Å²) in [6, 6.07) is 9.17. The molecule has 1 amide bonds. The Kier molecular flexibility index (Phi) is 5.41. The molecule has 2 N–H and O–H groups in total. The number of carbonyl (C=O) groups is 1. The third-order valence-corrected chi connectivity index (χ3v) is 2.64. The Bertz CT molecular complexity index is 359. The molecule has 17 heavy (non-hydrogen) atoms. The van der Waals surface area contributed by atoms with Gasteiger partial charge >= 0.3 is 0 Å². The van der Waals surface area contributed by atoms with Gasteiger partial charge in [-0.3, -0.25) is 4.79 Å². The maximum absolute atomic E-state index is 11.9. The minimum absolute atomic E-state index is 0. The first-order chi connectivity index (χ1) is 7.77. The SMILES string of the molecule is C[C@H]1OCCN[C@@H]1C(=O)Nc1ccccc1.Cl. The number of para-hydroxylation sites is 1. The van der Waals surface area contributed by atoms with Crippen molar-refractivity contribution in [3.05, 3.63) is 30.3 Å². The fraction of sp³-hybridized carbons (Fsp3) is 0.417. The topological polar surface area (TPSA) is 50.4 Å². The Morgan fingerprint density at radius 2 is 2.12 bits per heavy atom. The van der Waals surface area contributed by atoms with Crippen molar-refractivity contribution in [3.63, 3.8) is 0 Å². The van der Waals surface area contributed by atoms with Crippen molar-refractivity contribution in [2.45, 2.75) is 19.1 Å². The molecule has 1 aliphatic rings. The van der Waals surface area contributed by atoms with Crippen molar-refractivity contribution in [1.29, 1.82) is 0 Å². The fourth-order valence-corrected chi connectivity index (χ4v) is 1.77. The Balaban J connectivity index is 0.00000144. The van der Waals surface area contributed by atoms with Gasteiger partial charge in [0.1, 0.15) is 6.04 Å². The molecule has 2 rings (SSSR count). The van der Waals surface area contributed by atoms with E-state index in [4.69, 9.17) is 4.74 Å². The lowest BCUT2D eigenvalue weighted by Gasteiger charge is -2.29. The van der Waals surface area contributed by atoms with E-state index < -0.39 is 0 Å². The molecule has 1 fully saturated rings. The second kappa shape index (κ2) is 6.59. The van der Waals surface area contributed by atoms with E-state index in [2.05, 4.69) is 10.6 Å². The smallest absolute Gasteiger partial charge is 0.244 e. The van der Waals surface area contributed by atoms with Gasteiger partial charge in [0, 0.05) is 12.2 Å². The zero-order valence-corrected chi connectivity index (χ0v) is 10.5. The van der Waals surface area contributed by atoms with Crippen LogP contribution in [-0.4, -0.2) is 31.2 Å². The maximum atomic E-state index is 11.9. The second-order valence-electron chi connectivity index (χ2n) is 3.86. The van der Waals surface area contributed by atoms with Crippen molar-refractivity contribution in [2.75, 3.05) is 18.5 Å². The molecular formula is C12H17ClN2O2. The number of hydrogen-bond acceptors (Lipinski definition) is 3. The number of hydrogen-bond donors (Lipinski definition) is 2. The molecule has 0 saturated carbocycles. The van der Waals surface area contributed by atoms with Gasteiger partial charge in [-0.15, -0.1) is 12.4 Å². The van der Waals surface area contributed by atoms with Gasteiger partial charge in [0.15, 0.2) is 0 Å². The van der Waals surface area contributed by atoms with Crippen LogP contribution >= 0.6 is 12.4 Å². The molecule has 1 aliphatic heterocycles. The van der Waals surface area contributed by atoms with Crippen LogP contribution in [0.1, 0.15) is 6.92 Å². The first-order valence-corrected chi connectivity index (χ1v) is 5.48. The number of halogens is 1. The number of nitrogens with one attached hydrogen (secondary N) is 2. The summed E-state index contributed by atoms with van der Waals surface area (Å²) in [6.45, 7) is 3.29. The van der Waals surface area contributed by atoms with Crippen molar-refractivity contribution >= 4 is 24.0 Å². The zero-order chi connectivity index (χ0) is 11.4. The van der Waals surface area contributed by atoms with Gasteiger partial charge in [0.05, 0.1) is 12.7 Å². The summed E-state index contributed by atoms with van der Waals surface area (Å²) in [5.41, 5.74) is 0.812. The highest BCUT2D eigenvalue weighted by molar-refractivity contribution is 5.95. The standard InChI is InChI=1S/C12H16N2O2.ClH/c1-9-11(13-7-8-16-9)12(15)14-10-5-3-2-4-6-10;/h2-6,9,11,13H,7-8H2,1H3,(H,14,15);1H/t9-,11+;/m1./s1. The van der Waals surface area contributed by atoms with Crippen LogP contribution in [0.4, 0.5) is 5.69 Å². The van der Waals surface area contributed by atoms with Crippen LogP contribution in [0.2, 0.25) is 0 Å². The van der Waals surface area contributed by atoms with Crippen molar-refractivity contribution in [2.24, 2.45) is 0 Å². The average Bonchev–Trinajstić information content (AvgIpc) is 2.31. The highest BCUT2D eigenvalue weighted by Gasteiger charge is 2.28. The monoisotopic (exact) mass is 256 g/mol. The third-order valence-electron chi connectivity index (χ3n) is 2.64. The van der Waals surface area contributed by atoms with Crippen molar-refractivity contribution in [1.82, 2.24) is 5.32 Å². The average molecular weight is 257 g/mol. The predicted molar refractivity (Wildman–Crippen MR) is 69.5 cm³/mol. The molecule has 0 radical (unpaired) electrons. The highest BCUT2D eigenvalue weighted by Crippen LogP contribution is 2.09. The number of anilines is 1. The Morgan fingerprint density at radius 3 is 2.76 bits per heavy atom. The number of carbonyl (C=O) groups excluding carboxylic acids is 1. The van der Waals surface area contributed by atoms with Crippen LogP contribution < -0.4 is 10.6 Å². The van der Waals surface area contributed by atoms with Crippen molar-refractivity contribution in [3.8, 4) is 0 Å². The lowest BCUT2D eigenvalue weighted by Crippen LogP contribution is -2.53. The Morgan fingerprint density at radius 1 is 1.41 bits per heavy atom. The van der Waals surface area contributed by atoms with Crippen LogP contribution in [0.15, 0.2) is 30.3 Å². The molecule has 0 bridgehead atoms. The zero-order valence-electron chi connectivity index (χ0n) is 9.68. The molecule has 0 aliphatic carbocycles.